The molecule has 0 spiro atoms. The number of nitrogens with two attached hydrogens (primary N) is 1. The second-order valence-electron chi connectivity index (χ2n) is 7.57. The molecule has 0 saturated carbocycles. The van der Waals surface area contributed by atoms with E-state index >= 15 is 0 Å². The Morgan fingerprint density at radius 1 is 0.829 bits per heavy atom. The van der Waals surface area contributed by atoms with Gasteiger partial charge in [-0.3, -0.25) is 0 Å². The number of alkyl halides is 6. The lowest BCUT2D eigenvalue weighted by atomic mass is 10.0. The first kappa shape index (κ1) is 24.5. The zero-order chi connectivity index (χ0) is 25.6. The van der Waals surface area contributed by atoms with Crippen molar-refractivity contribution >= 4 is 33.2 Å². The van der Waals surface area contributed by atoms with Crippen LogP contribution in [0.1, 0.15) is 22.5 Å². The number of imidazole rings is 1. The molecule has 3 N–H and O–H groups in total. The van der Waals surface area contributed by atoms with Gasteiger partial charge in [-0.25, -0.2) is 18.5 Å². The first-order valence-corrected chi connectivity index (χ1v) is 11.4. The Balaban J connectivity index is 1.71. The maximum Gasteiger partial charge on any atom is 0.416 e. The molecule has 182 valence electrons. The van der Waals surface area contributed by atoms with Gasteiger partial charge in [-0.2, -0.15) is 26.3 Å². The lowest BCUT2D eigenvalue weighted by molar-refractivity contribution is -0.143. The van der Waals surface area contributed by atoms with Gasteiger partial charge in [-0.15, -0.1) is 0 Å². The summed E-state index contributed by atoms with van der Waals surface area (Å²) in [7, 11) is -3.99. The second-order valence-corrected chi connectivity index (χ2v) is 9.10. The van der Waals surface area contributed by atoms with Crippen LogP contribution in [0.4, 0.5) is 26.3 Å². The van der Waals surface area contributed by atoms with E-state index in [-0.39, 0.29) is 22.3 Å². The van der Waals surface area contributed by atoms with Crippen LogP contribution in [-0.2, 0) is 22.4 Å². The molecular weight excluding hydrogens is 496 g/mol. The Labute approximate surface area is 195 Å². The molecule has 0 bridgehead atoms. The molecule has 12 heteroatoms. The molecule has 0 unspecified atom stereocenters. The molecule has 0 aliphatic rings. The van der Waals surface area contributed by atoms with Gasteiger partial charge < -0.3 is 4.98 Å². The predicted octanol–water partition coefficient (Wildman–Crippen LogP) is 6.09. The van der Waals surface area contributed by atoms with Crippen molar-refractivity contribution in [3.63, 3.8) is 0 Å². The normalized spacial score (nSPS) is 13.1. The highest BCUT2D eigenvalue weighted by atomic mass is 32.2. The zero-order valence-electron chi connectivity index (χ0n) is 17.4. The fourth-order valence-electron chi connectivity index (χ4n) is 3.48. The lowest BCUT2D eigenvalue weighted by Gasteiger charge is -2.12. The minimum absolute atomic E-state index is 0.0550. The van der Waals surface area contributed by atoms with E-state index in [0.29, 0.717) is 34.3 Å². The number of halogens is 6. The minimum atomic E-state index is -4.95. The summed E-state index contributed by atoms with van der Waals surface area (Å²) in [4.78, 5) is 7.07. The van der Waals surface area contributed by atoms with Gasteiger partial charge in [0, 0.05) is 5.56 Å². The Morgan fingerprint density at radius 3 is 2.06 bits per heavy atom. The summed E-state index contributed by atoms with van der Waals surface area (Å²) in [5.74, 6) is 0.169. The van der Waals surface area contributed by atoms with Gasteiger partial charge in [0.2, 0.25) is 10.0 Å². The van der Waals surface area contributed by atoms with E-state index < -0.39 is 33.5 Å². The first-order chi connectivity index (χ1) is 16.2. The molecule has 1 aromatic heterocycles. The summed E-state index contributed by atoms with van der Waals surface area (Å²) in [6.07, 6.45) is -7.58. The number of sulfonamides is 1. The van der Waals surface area contributed by atoms with Gasteiger partial charge in [-0.05, 0) is 53.6 Å². The number of fused-ring (bicyclic) bond motifs is 1. The average molecular weight is 511 g/mol. The van der Waals surface area contributed by atoms with E-state index in [2.05, 4.69) is 9.97 Å². The van der Waals surface area contributed by atoms with E-state index in [9.17, 15) is 34.8 Å². The summed E-state index contributed by atoms with van der Waals surface area (Å²) in [6, 6.07) is 12.2. The van der Waals surface area contributed by atoms with Crippen LogP contribution >= 0.6 is 0 Å². The third-order valence-corrected chi connectivity index (χ3v) is 6.02. The fraction of sp³-hybridized carbons (Fsp3) is 0.0870. The van der Waals surface area contributed by atoms with Gasteiger partial charge in [-0.1, -0.05) is 30.3 Å². The van der Waals surface area contributed by atoms with Crippen molar-refractivity contribution in [2.75, 3.05) is 0 Å². The molecule has 0 fully saturated rings. The molecule has 5 nitrogen and oxygen atoms in total. The van der Waals surface area contributed by atoms with Gasteiger partial charge in [0.25, 0.3) is 0 Å². The molecule has 1 heterocycles. The number of hydrogen-bond acceptors (Lipinski definition) is 3. The summed E-state index contributed by atoms with van der Waals surface area (Å²) in [6.45, 7) is 0. The highest BCUT2D eigenvalue weighted by molar-refractivity contribution is 7.89. The van der Waals surface area contributed by atoms with E-state index in [1.165, 1.54) is 18.2 Å². The summed E-state index contributed by atoms with van der Waals surface area (Å²) in [5.41, 5.74) is -1.38. The van der Waals surface area contributed by atoms with Crippen molar-refractivity contribution in [1.29, 1.82) is 0 Å². The number of hydrogen-bond donors (Lipinski definition) is 2. The lowest BCUT2D eigenvalue weighted by Crippen LogP contribution is -2.13. The molecule has 0 amide bonds. The van der Waals surface area contributed by atoms with E-state index in [0.717, 1.165) is 6.08 Å². The second kappa shape index (κ2) is 8.54. The molecular formula is C23H15F6N3O2S. The quantitative estimate of drug-likeness (QED) is 0.325. The number of H-pyrrole nitrogens is 1. The molecule has 0 radical (unpaired) electrons. The van der Waals surface area contributed by atoms with Crippen molar-refractivity contribution in [2.45, 2.75) is 17.2 Å². The largest absolute Gasteiger partial charge is 0.416 e. The molecule has 0 atom stereocenters. The molecule has 0 aliphatic heterocycles. The van der Waals surface area contributed by atoms with Crippen LogP contribution in [0.25, 0.3) is 34.3 Å². The number of rotatable bonds is 4. The maximum atomic E-state index is 13.1. The molecule has 0 saturated heterocycles. The van der Waals surface area contributed by atoms with Crippen LogP contribution < -0.4 is 5.14 Å². The topological polar surface area (TPSA) is 88.8 Å². The highest BCUT2D eigenvalue weighted by Crippen LogP contribution is 2.36. The van der Waals surface area contributed by atoms with Crippen molar-refractivity contribution in [3.05, 3.63) is 83.2 Å². The van der Waals surface area contributed by atoms with Gasteiger partial charge in [0.1, 0.15) is 5.82 Å². The van der Waals surface area contributed by atoms with Crippen LogP contribution in [0.3, 0.4) is 0 Å². The third-order valence-electron chi connectivity index (χ3n) is 5.05. The minimum Gasteiger partial charge on any atom is -0.338 e. The summed E-state index contributed by atoms with van der Waals surface area (Å²) < 4.78 is 102. The summed E-state index contributed by atoms with van der Waals surface area (Å²) >= 11 is 0. The van der Waals surface area contributed by atoms with E-state index in [1.54, 1.807) is 30.3 Å². The van der Waals surface area contributed by atoms with Crippen LogP contribution in [0.5, 0.6) is 0 Å². The van der Waals surface area contributed by atoms with E-state index in [1.807, 2.05) is 0 Å². The molecule has 4 rings (SSSR count). The standard InChI is InChI=1S/C23H15F6N3O2S/c24-22(25,26)15-9-13(10-16(12-15)23(27,28)29)5-8-21-31-18-7-6-14(11-19(18)32-21)17-3-1-2-4-20(17)35(30,33)34/h1-12H,(H,31,32)(H2,30,33,34)/b8-5+. The maximum absolute atomic E-state index is 13.1. The van der Waals surface area contributed by atoms with Gasteiger partial charge in [0.05, 0.1) is 27.1 Å². The molecule has 4 aromatic rings. The number of nitrogens with zero attached hydrogens (tertiary/aromatic N) is 1. The Morgan fingerprint density at radius 2 is 1.46 bits per heavy atom. The van der Waals surface area contributed by atoms with Crippen LogP contribution in [0, 0.1) is 0 Å². The number of benzene rings is 3. The Hall–Kier alpha value is -3.64. The van der Waals surface area contributed by atoms with Gasteiger partial charge >= 0.3 is 12.4 Å². The molecule has 35 heavy (non-hydrogen) atoms. The fourth-order valence-corrected chi connectivity index (χ4v) is 4.24. The SMILES string of the molecule is NS(=O)(=O)c1ccccc1-c1ccc2nc(/C=C/c3cc(C(F)(F)F)cc(C(F)(F)F)c3)[nH]c2c1. The predicted molar refractivity (Wildman–Crippen MR) is 118 cm³/mol. The first-order valence-electron chi connectivity index (χ1n) is 9.81. The Kier molecular flexibility index (Phi) is 5.97. The smallest absolute Gasteiger partial charge is 0.338 e. The third kappa shape index (κ3) is 5.38. The van der Waals surface area contributed by atoms with Crippen molar-refractivity contribution in [3.8, 4) is 11.1 Å². The van der Waals surface area contributed by atoms with Crippen molar-refractivity contribution in [1.82, 2.24) is 9.97 Å². The average Bonchev–Trinajstić information content (AvgIpc) is 3.18. The van der Waals surface area contributed by atoms with Crippen LogP contribution in [0.2, 0.25) is 0 Å². The van der Waals surface area contributed by atoms with Gasteiger partial charge in [0.15, 0.2) is 0 Å². The number of nitrogens with one attached hydrogen (secondary N) is 1. The molecule has 0 aliphatic carbocycles. The monoisotopic (exact) mass is 511 g/mol. The number of primary sulfonamides is 1. The zero-order valence-corrected chi connectivity index (χ0v) is 18.3. The number of aromatic amines is 1. The molecule has 3 aromatic carbocycles. The summed E-state index contributed by atoms with van der Waals surface area (Å²) in [5, 5.41) is 5.28. The number of aromatic nitrogens is 2. The van der Waals surface area contributed by atoms with Crippen LogP contribution in [0.15, 0.2) is 65.6 Å². The Bertz CT molecular complexity index is 1520. The van der Waals surface area contributed by atoms with E-state index in [4.69, 9.17) is 5.14 Å². The van der Waals surface area contributed by atoms with Crippen molar-refractivity contribution < 1.29 is 34.8 Å². The van der Waals surface area contributed by atoms with Crippen molar-refractivity contribution in [2.24, 2.45) is 5.14 Å². The van der Waals surface area contributed by atoms with Crippen LogP contribution in [-0.4, -0.2) is 18.4 Å². The highest BCUT2D eigenvalue weighted by Gasteiger charge is 2.36.